The average molecular weight is 302 g/mol. The number of hydrogen-bond acceptors (Lipinski definition) is 5. The molecule has 0 aromatic heterocycles. The van der Waals surface area contributed by atoms with Crippen LogP contribution in [0.3, 0.4) is 0 Å². The first-order valence-corrected chi connectivity index (χ1v) is 6.41. The molecule has 19 heavy (non-hydrogen) atoms. The number of esters is 1. The Morgan fingerprint density at radius 1 is 1.42 bits per heavy atom. The van der Waals surface area contributed by atoms with Crippen LogP contribution in [0.4, 0.5) is 0 Å². The van der Waals surface area contributed by atoms with Gasteiger partial charge in [0.05, 0.1) is 5.57 Å². The van der Waals surface area contributed by atoms with Gasteiger partial charge in [-0.25, -0.2) is 9.59 Å². The summed E-state index contributed by atoms with van der Waals surface area (Å²) in [5.74, 6) is -3.01. The molecule has 0 aromatic carbocycles. The standard InChI is InChI=1S/C10H14O7S.Na.H/c1-3-5-7(10(13)17-6-4-2)8(9(11)12)18(14,15)16;;/h4H,2-3,5-6H2,1H3,(H,11,12)(H,14,15,16);;/q;+1;-1/b8-7+;;. The quantitative estimate of drug-likeness (QED) is 0.181. The molecular weight excluding hydrogens is 287 g/mol. The molecule has 0 heterocycles. The van der Waals surface area contributed by atoms with Crippen molar-refractivity contribution in [3.05, 3.63) is 23.1 Å². The summed E-state index contributed by atoms with van der Waals surface area (Å²) in [5.41, 5.74) is -0.589. The SMILES string of the molecule is C=CCOC(=O)/C(CCC)=C(\C(=O)O)S(=O)(=O)O.[H-].[Na+]. The van der Waals surface area contributed by atoms with Gasteiger partial charge in [0, 0.05) is 0 Å². The van der Waals surface area contributed by atoms with Crippen molar-refractivity contribution in [2.24, 2.45) is 0 Å². The summed E-state index contributed by atoms with van der Waals surface area (Å²) in [5, 5.41) is 8.76. The molecule has 0 aliphatic carbocycles. The van der Waals surface area contributed by atoms with Crippen LogP contribution in [0.25, 0.3) is 0 Å². The van der Waals surface area contributed by atoms with E-state index in [1.54, 1.807) is 6.92 Å². The van der Waals surface area contributed by atoms with Crippen molar-refractivity contribution in [2.75, 3.05) is 6.61 Å². The van der Waals surface area contributed by atoms with Gasteiger partial charge < -0.3 is 11.3 Å². The van der Waals surface area contributed by atoms with E-state index in [4.69, 9.17) is 9.66 Å². The number of ether oxygens (including phenoxy) is 1. The molecule has 9 heteroatoms. The van der Waals surface area contributed by atoms with Crippen molar-refractivity contribution in [1.29, 1.82) is 0 Å². The van der Waals surface area contributed by atoms with Crippen molar-refractivity contribution in [3.63, 3.8) is 0 Å². The second-order valence-electron chi connectivity index (χ2n) is 3.23. The van der Waals surface area contributed by atoms with Gasteiger partial charge in [-0.3, -0.25) is 4.55 Å². The van der Waals surface area contributed by atoms with Gasteiger partial charge in [0.1, 0.15) is 6.61 Å². The van der Waals surface area contributed by atoms with Gasteiger partial charge in [-0.2, -0.15) is 8.42 Å². The Morgan fingerprint density at radius 2 is 1.95 bits per heavy atom. The number of aliphatic carboxylic acids is 1. The third-order valence-electron chi connectivity index (χ3n) is 1.80. The minimum Gasteiger partial charge on any atom is -1.00 e. The summed E-state index contributed by atoms with van der Waals surface area (Å²) in [7, 11) is -5.00. The van der Waals surface area contributed by atoms with Crippen molar-refractivity contribution in [2.45, 2.75) is 19.8 Å². The van der Waals surface area contributed by atoms with Gasteiger partial charge in [0.25, 0.3) is 0 Å². The van der Waals surface area contributed by atoms with Crippen molar-refractivity contribution in [3.8, 4) is 0 Å². The molecule has 0 fully saturated rings. The Balaban J connectivity index is -0.00000144. The second kappa shape index (κ2) is 9.27. The van der Waals surface area contributed by atoms with E-state index in [1.807, 2.05) is 0 Å². The number of carbonyl (C=O) groups excluding carboxylic acids is 1. The van der Waals surface area contributed by atoms with Gasteiger partial charge in [0.2, 0.25) is 0 Å². The maximum absolute atomic E-state index is 11.5. The van der Waals surface area contributed by atoms with Gasteiger partial charge in [-0.1, -0.05) is 26.0 Å². The largest absolute Gasteiger partial charge is 1.00 e. The second-order valence-corrected chi connectivity index (χ2v) is 4.58. The van der Waals surface area contributed by atoms with E-state index in [-0.39, 0.29) is 44.0 Å². The third-order valence-corrected chi connectivity index (χ3v) is 2.74. The summed E-state index contributed by atoms with van der Waals surface area (Å²) in [6.45, 7) is 4.71. The fourth-order valence-corrected chi connectivity index (χ4v) is 1.89. The molecule has 0 aliphatic heterocycles. The monoisotopic (exact) mass is 302 g/mol. The van der Waals surface area contributed by atoms with E-state index < -0.39 is 32.5 Å². The molecule has 0 amide bonds. The van der Waals surface area contributed by atoms with Crippen LogP contribution < -0.4 is 29.6 Å². The predicted molar refractivity (Wildman–Crippen MR) is 63.4 cm³/mol. The molecule has 2 N–H and O–H groups in total. The Labute approximate surface area is 134 Å². The normalized spacial score (nSPS) is 11.9. The summed E-state index contributed by atoms with van der Waals surface area (Å²) in [6.07, 6.45) is 1.41. The molecule has 0 bridgehead atoms. The van der Waals surface area contributed by atoms with Crippen LogP contribution in [0, 0.1) is 0 Å². The minimum atomic E-state index is -5.00. The smallest absolute Gasteiger partial charge is 1.00 e. The predicted octanol–water partition coefficient (Wildman–Crippen LogP) is -2.14. The van der Waals surface area contributed by atoms with E-state index >= 15 is 0 Å². The molecule has 7 nitrogen and oxygen atoms in total. The first-order valence-electron chi connectivity index (χ1n) is 4.97. The van der Waals surface area contributed by atoms with Crippen LogP contribution >= 0.6 is 0 Å². The summed E-state index contributed by atoms with van der Waals surface area (Å²) >= 11 is 0. The topological polar surface area (TPSA) is 118 Å². The molecule has 0 aromatic rings. The number of rotatable bonds is 7. The Kier molecular flexibility index (Phi) is 10.1. The van der Waals surface area contributed by atoms with Crippen LogP contribution in [0.15, 0.2) is 23.1 Å². The average Bonchev–Trinajstić information content (AvgIpc) is 2.22. The fraction of sp³-hybridized carbons (Fsp3) is 0.400. The maximum atomic E-state index is 11.5. The van der Waals surface area contributed by atoms with Gasteiger partial charge in [0.15, 0.2) is 4.91 Å². The summed E-state index contributed by atoms with van der Waals surface area (Å²) < 4.78 is 35.3. The number of hydrogen-bond donors (Lipinski definition) is 2. The number of carboxylic acids is 1. The summed E-state index contributed by atoms with van der Waals surface area (Å²) in [4.78, 5) is 21.0. The van der Waals surface area contributed by atoms with E-state index in [0.717, 1.165) is 0 Å². The molecule has 104 valence electrons. The van der Waals surface area contributed by atoms with Crippen LogP contribution in [-0.2, 0) is 24.4 Å². The Bertz CT molecular complexity index is 484. The molecule has 0 saturated carbocycles. The zero-order valence-corrected chi connectivity index (χ0v) is 13.6. The van der Waals surface area contributed by atoms with Crippen molar-refractivity contribution >= 4 is 22.1 Å². The number of carbonyl (C=O) groups is 2. The zero-order chi connectivity index (χ0) is 14.3. The zero-order valence-electron chi connectivity index (χ0n) is 11.7. The van der Waals surface area contributed by atoms with E-state index in [9.17, 15) is 18.0 Å². The van der Waals surface area contributed by atoms with Crippen LogP contribution in [0.1, 0.15) is 21.2 Å². The van der Waals surface area contributed by atoms with Crippen molar-refractivity contribution in [1.82, 2.24) is 0 Å². The van der Waals surface area contributed by atoms with Crippen LogP contribution in [-0.4, -0.2) is 36.6 Å². The molecule has 0 spiro atoms. The Morgan fingerprint density at radius 3 is 2.26 bits per heavy atom. The number of carboxylic acid groups (broad SMARTS) is 1. The van der Waals surface area contributed by atoms with Crippen LogP contribution in [0.5, 0.6) is 0 Å². The molecule has 0 aliphatic rings. The maximum Gasteiger partial charge on any atom is 1.00 e. The van der Waals surface area contributed by atoms with E-state index in [0.29, 0.717) is 6.42 Å². The summed E-state index contributed by atoms with van der Waals surface area (Å²) in [6, 6.07) is 0. The van der Waals surface area contributed by atoms with Gasteiger partial charge in [-0.05, 0) is 6.42 Å². The fourth-order valence-electron chi connectivity index (χ4n) is 1.18. The molecule has 0 rings (SSSR count). The van der Waals surface area contributed by atoms with Crippen LogP contribution in [0.2, 0.25) is 0 Å². The molecule has 0 atom stereocenters. The molecule has 0 unspecified atom stereocenters. The van der Waals surface area contributed by atoms with E-state index in [1.165, 1.54) is 6.08 Å². The molecule has 0 radical (unpaired) electrons. The van der Waals surface area contributed by atoms with E-state index in [2.05, 4.69) is 11.3 Å². The molecule has 0 saturated heterocycles. The van der Waals surface area contributed by atoms with Crippen molar-refractivity contribution < 1.29 is 63.4 Å². The van der Waals surface area contributed by atoms with Gasteiger partial charge >= 0.3 is 51.6 Å². The van der Waals surface area contributed by atoms with Gasteiger partial charge in [-0.15, -0.1) is 0 Å². The Hall–Kier alpha value is -0.670. The first kappa shape index (κ1) is 20.6. The first-order chi connectivity index (χ1) is 8.25. The third kappa shape index (κ3) is 6.88. The molecular formula is C10H15NaO7S. The minimum absolute atomic E-state index is 0.